The van der Waals surface area contributed by atoms with E-state index < -0.39 is 5.91 Å². The average molecular weight is 375 g/mol. The van der Waals surface area contributed by atoms with Gasteiger partial charge in [-0.15, -0.1) is 10.2 Å². The van der Waals surface area contributed by atoms with Crippen LogP contribution in [0, 0.1) is 0 Å². The summed E-state index contributed by atoms with van der Waals surface area (Å²) in [5.41, 5.74) is 14.2. The van der Waals surface area contributed by atoms with Gasteiger partial charge in [0.05, 0.1) is 21.2 Å². The fraction of sp³-hybridized carbons (Fsp3) is 0.167. The zero-order valence-corrected chi connectivity index (χ0v) is 14.8. The topological polar surface area (TPSA) is 94.9 Å². The van der Waals surface area contributed by atoms with Gasteiger partial charge in [0.2, 0.25) is 0 Å². The Morgan fingerprint density at radius 2 is 1.68 bits per heavy atom. The van der Waals surface area contributed by atoms with Gasteiger partial charge in [-0.05, 0) is 36.5 Å². The maximum absolute atomic E-state index is 11.4. The minimum Gasteiger partial charge on any atom is -0.396 e. The van der Waals surface area contributed by atoms with Gasteiger partial charge in [0.25, 0.3) is 5.91 Å². The molecule has 4 N–H and O–H groups in total. The first-order valence-electron chi connectivity index (χ1n) is 7.75. The number of carbonyl (C=O) groups excluding carboxylic acids is 1. The molecule has 0 aliphatic heterocycles. The number of hydrogen-bond donors (Lipinski definition) is 2. The molecule has 0 atom stereocenters. The van der Waals surface area contributed by atoms with E-state index >= 15 is 0 Å². The van der Waals surface area contributed by atoms with E-state index in [0.717, 1.165) is 30.4 Å². The lowest BCUT2D eigenvalue weighted by atomic mass is 10.0. The Morgan fingerprint density at radius 1 is 1.00 bits per heavy atom. The molecular formula is C18H16Cl2N4O. The predicted octanol–water partition coefficient (Wildman–Crippen LogP) is 3.79. The van der Waals surface area contributed by atoms with Gasteiger partial charge in [-0.3, -0.25) is 4.79 Å². The summed E-state index contributed by atoms with van der Waals surface area (Å²) in [5.74, 6) is -0.687. The monoisotopic (exact) mass is 374 g/mol. The van der Waals surface area contributed by atoms with E-state index in [0.29, 0.717) is 20.9 Å². The molecule has 0 saturated carbocycles. The average Bonchev–Trinajstić information content (AvgIpc) is 2.59. The number of fused-ring (bicyclic) bond motifs is 1. The molecule has 25 heavy (non-hydrogen) atoms. The van der Waals surface area contributed by atoms with Crippen molar-refractivity contribution in [2.24, 2.45) is 5.73 Å². The molecule has 0 unspecified atom stereocenters. The van der Waals surface area contributed by atoms with Crippen molar-refractivity contribution in [2.45, 2.75) is 19.3 Å². The number of primary amides is 1. The lowest BCUT2D eigenvalue weighted by Gasteiger charge is -2.09. The van der Waals surface area contributed by atoms with Crippen LogP contribution in [0.2, 0.25) is 10.0 Å². The second-order valence-corrected chi connectivity index (χ2v) is 6.49. The summed E-state index contributed by atoms with van der Waals surface area (Å²) in [6.07, 6.45) is 2.42. The fourth-order valence-corrected chi connectivity index (χ4v) is 3.22. The first-order chi connectivity index (χ1) is 12.0. The minimum atomic E-state index is -0.687. The predicted molar refractivity (Wildman–Crippen MR) is 101 cm³/mol. The van der Waals surface area contributed by atoms with Crippen LogP contribution in [0.1, 0.15) is 28.0 Å². The summed E-state index contributed by atoms with van der Waals surface area (Å²) in [6, 6.07) is 11.3. The summed E-state index contributed by atoms with van der Waals surface area (Å²) >= 11 is 12.3. The van der Waals surface area contributed by atoms with Gasteiger partial charge in [-0.25, -0.2) is 0 Å². The highest BCUT2D eigenvalue weighted by Gasteiger charge is 2.14. The lowest BCUT2D eigenvalue weighted by molar-refractivity contribution is 0.0996. The number of amides is 1. The molecule has 0 bridgehead atoms. The summed E-state index contributed by atoms with van der Waals surface area (Å²) in [5, 5.41) is 9.85. The van der Waals surface area contributed by atoms with Gasteiger partial charge in [-0.1, -0.05) is 53.5 Å². The molecule has 2 aromatic carbocycles. The van der Waals surface area contributed by atoms with Crippen molar-refractivity contribution in [1.29, 1.82) is 0 Å². The van der Waals surface area contributed by atoms with Crippen LogP contribution < -0.4 is 11.5 Å². The molecule has 0 spiro atoms. The SMILES string of the molecule is NC(=O)c1nnc2c(CCCc3cccc(Cl)c3Cl)cccc2c1N. The maximum atomic E-state index is 11.4. The van der Waals surface area contributed by atoms with Crippen LogP contribution in [0.3, 0.4) is 0 Å². The molecule has 5 nitrogen and oxygen atoms in total. The van der Waals surface area contributed by atoms with Gasteiger partial charge < -0.3 is 11.5 Å². The number of rotatable bonds is 5. The van der Waals surface area contributed by atoms with E-state index in [1.165, 1.54) is 0 Å². The first-order valence-corrected chi connectivity index (χ1v) is 8.51. The van der Waals surface area contributed by atoms with Crippen LogP contribution >= 0.6 is 23.2 Å². The Labute approximate surface area is 154 Å². The lowest BCUT2D eigenvalue weighted by Crippen LogP contribution is -2.17. The van der Waals surface area contributed by atoms with Gasteiger partial charge in [-0.2, -0.15) is 0 Å². The Kier molecular flexibility index (Phi) is 5.06. The number of nitrogens with two attached hydrogens (primary N) is 2. The van der Waals surface area contributed by atoms with Crippen molar-refractivity contribution in [3.05, 3.63) is 63.3 Å². The molecule has 7 heteroatoms. The third-order valence-electron chi connectivity index (χ3n) is 4.07. The van der Waals surface area contributed by atoms with Crippen molar-refractivity contribution < 1.29 is 4.79 Å². The van der Waals surface area contributed by atoms with Crippen LogP contribution in [0.15, 0.2) is 36.4 Å². The number of aromatic nitrogens is 2. The standard InChI is InChI=1S/C18H16Cl2N4O/c19-13-9-3-5-10(14(13)20)4-1-6-11-7-2-8-12-15(21)17(18(22)25)24-23-16(11)12/h2-3,5,7-9H,1,4,6H2,(H2,21,23)(H2,22,25). The minimum absolute atomic E-state index is 0.00430. The third-order valence-corrected chi connectivity index (χ3v) is 4.93. The molecule has 0 aliphatic carbocycles. The second-order valence-electron chi connectivity index (χ2n) is 5.71. The highest BCUT2D eigenvalue weighted by atomic mass is 35.5. The molecule has 0 fully saturated rings. The van der Waals surface area contributed by atoms with Crippen LogP contribution in [-0.4, -0.2) is 16.1 Å². The molecule has 0 aliphatic rings. The van der Waals surface area contributed by atoms with E-state index in [1.54, 1.807) is 6.07 Å². The Bertz CT molecular complexity index is 959. The molecular weight excluding hydrogens is 359 g/mol. The van der Waals surface area contributed by atoms with E-state index in [2.05, 4.69) is 10.2 Å². The number of nitrogens with zero attached hydrogens (tertiary/aromatic N) is 2. The highest BCUT2D eigenvalue weighted by Crippen LogP contribution is 2.28. The summed E-state index contributed by atoms with van der Waals surface area (Å²) in [6.45, 7) is 0. The van der Waals surface area contributed by atoms with Crippen molar-refractivity contribution in [2.75, 3.05) is 5.73 Å². The number of benzene rings is 2. The number of aryl methyl sites for hydroxylation is 2. The van der Waals surface area contributed by atoms with Crippen LogP contribution in [0.4, 0.5) is 5.69 Å². The largest absolute Gasteiger partial charge is 0.396 e. The molecule has 0 saturated heterocycles. The number of hydrogen-bond acceptors (Lipinski definition) is 4. The van der Waals surface area contributed by atoms with Gasteiger partial charge in [0, 0.05) is 5.39 Å². The molecule has 0 radical (unpaired) electrons. The number of anilines is 1. The Hall–Kier alpha value is -2.37. The summed E-state index contributed by atoms with van der Waals surface area (Å²) in [7, 11) is 0. The molecule has 1 heterocycles. The molecule has 3 rings (SSSR count). The van der Waals surface area contributed by atoms with E-state index in [-0.39, 0.29) is 11.4 Å². The first kappa shape index (κ1) is 17.5. The van der Waals surface area contributed by atoms with Crippen LogP contribution in [0.5, 0.6) is 0 Å². The quantitative estimate of drug-likeness (QED) is 0.709. The summed E-state index contributed by atoms with van der Waals surface area (Å²) < 4.78 is 0. The van der Waals surface area contributed by atoms with E-state index in [9.17, 15) is 4.79 Å². The Balaban J connectivity index is 1.83. The van der Waals surface area contributed by atoms with Gasteiger partial charge in [0.15, 0.2) is 5.69 Å². The zero-order valence-electron chi connectivity index (χ0n) is 13.3. The molecule has 3 aromatic rings. The fourth-order valence-electron chi connectivity index (χ4n) is 2.80. The second kappa shape index (κ2) is 7.25. The van der Waals surface area contributed by atoms with Crippen molar-refractivity contribution in [3.63, 3.8) is 0 Å². The number of carbonyl (C=O) groups is 1. The smallest absolute Gasteiger partial charge is 0.271 e. The molecule has 128 valence electrons. The van der Waals surface area contributed by atoms with Gasteiger partial charge in [0.1, 0.15) is 0 Å². The maximum Gasteiger partial charge on any atom is 0.271 e. The van der Waals surface area contributed by atoms with E-state index in [4.69, 9.17) is 34.7 Å². The Morgan fingerprint density at radius 3 is 2.44 bits per heavy atom. The van der Waals surface area contributed by atoms with Crippen LogP contribution in [0.25, 0.3) is 10.9 Å². The summed E-state index contributed by atoms with van der Waals surface area (Å²) in [4.78, 5) is 11.4. The van der Waals surface area contributed by atoms with Crippen molar-refractivity contribution in [1.82, 2.24) is 10.2 Å². The van der Waals surface area contributed by atoms with E-state index in [1.807, 2.05) is 30.3 Å². The zero-order chi connectivity index (χ0) is 18.0. The van der Waals surface area contributed by atoms with Crippen molar-refractivity contribution >= 4 is 45.7 Å². The van der Waals surface area contributed by atoms with Gasteiger partial charge >= 0.3 is 0 Å². The normalized spacial score (nSPS) is 11.0. The molecule has 1 amide bonds. The number of nitrogen functional groups attached to an aromatic ring is 1. The third kappa shape index (κ3) is 3.52. The number of halogens is 2. The van der Waals surface area contributed by atoms with Crippen molar-refractivity contribution in [3.8, 4) is 0 Å². The van der Waals surface area contributed by atoms with Crippen LogP contribution in [-0.2, 0) is 12.8 Å². The molecule has 1 aromatic heterocycles. The highest BCUT2D eigenvalue weighted by molar-refractivity contribution is 6.42.